The number of halogens is 6. The molecule has 1 aliphatic heterocycles. The lowest BCUT2D eigenvalue weighted by atomic mass is 9.95. The number of rotatable bonds is 6. The van der Waals surface area contributed by atoms with Crippen molar-refractivity contribution in [1.82, 2.24) is 19.0 Å². The summed E-state index contributed by atoms with van der Waals surface area (Å²) < 4.78 is 119. The summed E-state index contributed by atoms with van der Waals surface area (Å²) in [4.78, 5) is 12.9. The van der Waals surface area contributed by atoms with Gasteiger partial charge in [0.05, 0.1) is 36.9 Å². The van der Waals surface area contributed by atoms with Crippen LogP contribution in [0, 0.1) is 23.3 Å². The van der Waals surface area contributed by atoms with Crippen LogP contribution in [0.2, 0.25) is 0 Å². The van der Waals surface area contributed by atoms with E-state index < -0.39 is 93.0 Å². The molecule has 38 heavy (non-hydrogen) atoms. The molecule has 9 nitrogen and oxygen atoms in total. The maximum Gasteiger partial charge on any atom is 0.328 e. The normalized spacial score (nSPS) is 16.9. The van der Waals surface area contributed by atoms with Crippen molar-refractivity contribution < 1.29 is 44.4 Å². The fourth-order valence-corrected chi connectivity index (χ4v) is 5.27. The first-order valence-corrected chi connectivity index (χ1v) is 12.6. The maximum absolute atomic E-state index is 15.4. The van der Waals surface area contributed by atoms with Crippen LogP contribution in [0.1, 0.15) is 17.0 Å². The minimum absolute atomic E-state index is 0.258. The first-order valence-electron chi connectivity index (χ1n) is 10.7. The van der Waals surface area contributed by atoms with Crippen LogP contribution in [0.5, 0.6) is 0 Å². The van der Waals surface area contributed by atoms with Gasteiger partial charge in [-0.3, -0.25) is 9.13 Å². The van der Waals surface area contributed by atoms with Crippen molar-refractivity contribution in [2.75, 3.05) is 6.26 Å². The third-order valence-corrected chi connectivity index (χ3v) is 6.85. The molecule has 0 aliphatic carbocycles. The molecule has 5 rings (SSSR count). The highest BCUT2D eigenvalue weighted by molar-refractivity contribution is 7.88. The number of aliphatic hydroxyl groups excluding tert-OH is 1. The van der Waals surface area contributed by atoms with E-state index >= 15 is 4.39 Å². The van der Waals surface area contributed by atoms with Crippen molar-refractivity contribution in [1.29, 1.82) is 0 Å². The Bertz CT molecular complexity index is 1760. The second kappa shape index (κ2) is 8.71. The molecule has 0 spiro atoms. The molecule has 2 N–H and O–H groups in total. The van der Waals surface area contributed by atoms with Crippen molar-refractivity contribution in [3.63, 3.8) is 0 Å². The first-order chi connectivity index (χ1) is 17.7. The number of alkyl halides is 2. The zero-order chi connectivity index (χ0) is 27.7. The number of aliphatic hydroxyl groups is 1. The monoisotopic (exact) mass is 562 g/mol. The molecule has 0 radical (unpaired) electrons. The minimum Gasteiger partial charge on any atom is -0.392 e. The van der Waals surface area contributed by atoms with Crippen LogP contribution in [-0.4, -0.2) is 40.1 Å². The van der Waals surface area contributed by atoms with Gasteiger partial charge in [0, 0.05) is 29.5 Å². The fourth-order valence-electron chi connectivity index (χ4n) is 4.53. The predicted molar refractivity (Wildman–Crippen MR) is 119 cm³/mol. The summed E-state index contributed by atoms with van der Waals surface area (Å²) >= 11 is 0. The van der Waals surface area contributed by atoms with Crippen molar-refractivity contribution in [2.24, 2.45) is 0 Å². The van der Waals surface area contributed by atoms with Crippen LogP contribution in [0.25, 0.3) is 22.1 Å². The van der Waals surface area contributed by atoms with Crippen LogP contribution in [0.3, 0.4) is 0 Å². The molecule has 1 atom stereocenters. The van der Waals surface area contributed by atoms with Crippen LogP contribution < -0.4 is 10.4 Å². The number of aromatic nitrogens is 3. The molecule has 4 aromatic rings. The smallest absolute Gasteiger partial charge is 0.328 e. The molecule has 1 aliphatic rings. The summed E-state index contributed by atoms with van der Waals surface area (Å²) in [7, 11) is -4.03. The lowest BCUT2D eigenvalue weighted by Gasteiger charge is -2.18. The van der Waals surface area contributed by atoms with E-state index in [0.717, 1.165) is 16.8 Å². The third-order valence-electron chi connectivity index (χ3n) is 6.14. The third kappa shape index (κ3) is 4.08. The quantitative estimate of drug-likeness (QED) is 0.349. The van der Waals surface area contributed by atoms with Gasteiger partial charge in [0.2, 0.25) is 10.0 Å². The number of hydrogen-bond donors (Lipinski definition) is 2. The molecule has 16 heteroatoms. The number of fused-ring (bicyclic) bond motifs is 2. The van der Waals surface area contributed by atoms with Gasteiger partial charge in [0.25, 0.3) is 0 Å². The lowest BCUT2D eigenvalue weighted by molar-refractivity contribution is -0.0249. The molecular weight excluding hydrogens is 546 g/mol. The number of nitrogens with one attached hydrogen (secondary N) is 1. The zero-order valence-electron chi connectivity index (χ0n) is 19.1. The molecule has 3 heterocycles. The fraction of sp³-hybridized carbons (Fsp3) is 0.273. The van der Waals surface area contributed by atoms with E-state index in [1.54, 1.807) is 4.72 Å². The van der Waals surface area contributed by atoms with Gasteiger partial charge in [0.1, 0.15) is 40.7 Å². The Morgan fingerprint density at radius 2 is 1.82 bits per heavy atom. The summed E-state index contributed by atoms with van der Waals surface area (Å²) in [5.74, 6) is -9.28. The van der Waals surface area contributed by atoms with E-state index in [1.165, 1.54) is 0 Å². The van der Waals surface area contributed by atoms with Crippen molar-refractivity contribution in [3.8, 4) is 11.1 Å². The molecule has 0 saturated carbocycles. The van der Waals surface area contributed by atoms with Crippen LogP contribution in [0.15, 0.2) is 33.7 Å². The summed E-state index contributed by atoms with van der Waals surface area (Å²) in [5, 5.41) is 12.9. The van der Waals surface area contributed by atoms with E-state index in [2.05, 4.69) is 5.16 Å². The molecule has 2 aromatic heterocycles. The highest BCUT2D eigenvalue weighted by Crippen LogP contribution is 2.40. The van der Waals surface area contributed by atoms with Gasteiger partial charge >= 0.3 is 11.6 Å². The number of imidazole rings is 1. The van der Waals surface area contributed by atoms with Gasteiger partial charge in [-0.2, -0.15) is 8.78 Å². The number of nitrogens with zero attached hydrogens (tertiary/aromatic N) is 3. The van der Waals surface area contributed by atoms with E-state index in [0.29, 0.717) is 23.0 Å². The van der Waals surface area contributed by atoms with Crippen LogP contribution in [-0.2, 0) is 35.6 Å². The first kappa shape index (κ1) is 26.0. The van der Waals surface area contributed by atoms with E-state index in [9.17, 15) is 40.3 Å². The Labute approximate surface area is 208 Å². The second-order valence-corrected chi connectivity index (χ2v) is 10.5. The maximum atomic E-state index is 15.4. The topological polar surface area (TPSA) is 119 Å². The average Bonchev–Trinajstić information content (AvgIpc) is 3.41. The molecule has 2 aromatic carbocycles. The SMILES string of the molecule is CS(=O)(=O)N[C@@H]1Cn2c(cn(Cc3noc4cc(CO)c(F)c(-c5c(F)cc(F)cc5F)c34)c2=O)C1(F)F. The molecular formula is C22H16F6N4O5S. The van der Waals surface area contributed by atoms with Crippen molar-refractivity contribution in [2.45, 2.75) is 31.7 Å². The molecule has 0 bridgehead atoms. The standard InChI is InChI=1S/C22H16F6N4O5S/c1-38(35,36)30-15-6-32-16(22(15,27)28)7-31(21(32)34)5-13-18-14(37-29-13)2-9(8-33)20(26)19(18)17-11(24)3-10(23)4-12(17)25/h2-4,7,15,30,33H,5-6,8H2,1H3/t15-/m1/s1. The lowest BCUT2D eigenvalue weighted by Crippen LogP contribution is -2.44. The largest absolute Gasteiger partial charge is 0.392 e. The Morgan fingerprint density at radius 3 is 2.39 bits per heavy atom. The van der Waals surface area contributed by atoms with Crippen molar-refractivity contribution in [3.05, 3.63) is 75.1 Å². The Hall–Kier alpha value is -3.63. The molecule has 0 amide bonds. The highest BCUT2D eigenvalue weighted by atomic mass is 32.2. The van der Waals surface area contributed by atoms with E-state index in [1.807, 2.05) is 0 Å². The summed E-state index contributed by atoms with van der Waals surface area (Å²) in [5.41, 5.74) is -4.56. The van der Waals surface area contributed by atoms with Gasteiger partial charge in [-0.15, -0.1) is 0 Å². The van der Waals surface area contributed by atoms with Crippen LogP contribution >= 0.6 is 0 Å². The average molecular weight is 562 g/mol. The van der Waals surface area contributed by atoms with Gasteiger partial charge < -0.3 is 9.63 Å². The molecule has 202 valence electrons. The molecule has 0 saturated heterocycles. The van der Waals surface area contributed by atoms with Gasteiger partial charge in [-0.25, -0.2) is 35.5 Å². The van der Waals surface area contributed by atoms with Gasteiger partial charge in [-0.05, 0) is 6.07 Å². The van der Waals surface area contributed by atoms with Crippen molar-refractivity contribution >= 4 is 21.0 Å². The van der Waals surface area contributed by atoms with E-state index in [4.69, 9.17) is 4.52 Å². The van der Waals surface area contributed by atoms with E-state index in [-0.39, 0.29) is 16.7 Å². The number of benzene rings is 2. The minimum atomic E-state index is -4.03. The highest BCUT2D eigenvalue weighted by Gasteiger charge is 2.52. The Morgan fingerprint density at radius 1 is 1.16 bits per heavy atom. The predicted octanol–water partition coefficient (Wildman–Crippen LogP) is 2.58. The van der Waals surface area contributed by atoms with Crippen LogP contribution in [0.4, 0.5) is 26.3 Å². The Kier molecular flexibility index (Phi) is 5.96. The zero-order valence-corrected chi connectivity index (χ0v) is 19.9. The molecule has 0 fully saturated rings. The summed E-state index contributed by atoms with van der Waals surface area (Å²) in [6.07, 6.45) is 1.44. The number of hydrogen-bond acceptors (Lipinski definition) is 6. The Balaban J connectivity index is 1.65. The van der Waals surface area contributed by atoms with Gasteiger partial charge in [0.15, 0.2) is 5.58 Å². The number of sulfonamides is 1. The summed E-state index contributed by atoms with van der Waals surface area (Å²) in [6, 6.07) is -0.282. The molecule has 0 unspecified atom stereocenters. The summed E-state index contributed by atoms with van der Waals surface area (Å²) in [6.45, 7) is -2.22. The second-order valence-electron chi connectivity index (χ2n) is 8.73. The van der Waals surface area contributed by atoms with Gasteiger partial charge in [-0.1, -0.05) is 5.16 Å².